The molecule has 0 radical (unpaired) electrons. The Kier molecular flexibility index (Phi) is 7.32. The second-order valence-corrected chi connectivity index (χ2v) is 9.07. The highest BCUT2D eigenvalue weighted by molar-refractivity contribution is 8.00. The van der Waals surface area contributed by atoms with Gasteiger partial charge in [0, 0.05) is 17.1 Å². The number of amides is 1. The highest BCUT2D eigenvalue weighted by Crippen LogP contribution is 2.30. The van der Waals surface area contributed by atoms with Gasteiger partial charge in [-0.15, -0.1) is 10.2 Å². The van der Waals surface area contributed by atoms with Crippen molar-refractivity contribution < 1.29 is 9.53 Å². The highest BCUT2D eigenvalue weighted by Gasteiger charge is 2.22. The Balaban J connectivity index is 1.58. The fraction of sp³-hybridized carbons (Fsp3) is 0.160. The molecule has 0 saturated heterocycles. The number of rotatable bonds is 8. The van der Waals surface area contributed by atoms with Gasteiger partial charge in [-0.2, -0.15) is 0 Å². The summed E-state index contributed by atoms with van der Waals surface area (Å²) < 4.78 is 7.33. The van der Waals surface area contributed by atoms with Crippen molar-refractivity contribution in [3.8, 4) is 11.4 Å². The summed E-state index contributed by atoms with van der Waals surface area (Å²) in [5, 5.41) is 12.5. The lowest BCUT2D eigenvalue weighted by Gasteiger charge is -2.15. The Bertz CT molecular complexity index is 1230. The molecule has 0 aliphatic rings. The van der Waals surface area contributed by atoms with Crippen LogP contribution in [0.5, 0.6) is 5.75 Å². The number of aromatic nitrogens is 3. The minimum atomic E-state index is -0.440. The van der Waals surface area contributed by atoms with Gasteiger partial charge < -0.3 is 10.1 Å². The second-order valence-electron chi connectivity index (χ2n) is 7.33. The smallest absolute Gasteiger partial charge is 0.237 e. The first kappa shape index (κ1) is 22.9. The van der Waals surface area contributed by atoms with E-state index in [4.69, 9.17) is 16.3 Å². The standard InChI is InChI=1S/C25H23ClN4O2S/c1-17(24(31)27-21-16-19(26)13-14-22(21)32-2)33-25-29-28-23(15-18-9-5-3-6-10-18)30(25)20-11-7-4-8-12-20/h3-14,16-17H,15H2,1-2H3,(H,27,31). The van der Waals surface area contributed by atoms with Gasteiger partial charge in [-0.3, -0.25) is 9.36 Å². The number of carbonyl (C=O) groups is 1. The number of nitrogens with one attached hydrogen (secondary N) is 1. The van der Waals surface area contributed by atoms with Crippen molar-refractivity contribution in [2.75, 3.05) is 12.4 Å². The average molecular weight is 479 g/mol. The molecule has 33 heavy (non-hydrogen) atoms. The molecular formula is C25H23ClN4O2S. The van der Waals surface area contributed by atoms with Crippen LogP contribution in [-0.2, 0) is 11.2 Å². The fourth-order valence-corrected chi connectivity index (χ4v) is 4.39. The zero-order valence-corrected chi connectivity index (χ0v) is 19.8. The predicted octanol–water partition coefficient (Wildman–Crippen LogP) is 5.64. The Morgan fingerprint density at radius 3 is 2.45 bits per heavy atom. The van der Waals surface area contributed by atoms with E-state index in [2.05, 4.69) is 27.6 Å². The Labute approximate surface area is 202 Å². The van der Waals surface area contributed by atoms with Gasteiger partial charge in [0.15, 0.2) is 5.16 Å². The van der Waals surface area contributed by atoms with Gasteiger partial charge in [-0.25, -0.2) is 0 Å². The predicted molar refractivity (Wildman–Crippen MR) is 133 cm³/mol. The van der Waals surface area contributed by atoms with Crippen molar-refractivity contribution >= 4 is 35.0 Å². The third-order valence-corrected chi connectivity index (χ3v) is 6.27. The van der Waals surface area contributed by atoms with Gasteiger partial charge in [0.2, 0.25) is 5.91 Å². The number of thioether (sulfide) groups is 1. The molecule has 1 heterocycles. The summed E-state index contributed by atoms with van der Waals surface area (Å²) in [5.74, 6) is 1.16. The van der Waals surface area contributed by atoms with Crippen LogP contribution in [0.2, 0.25) is 5.02 Å². The largest absolute Gasteiger partial charge is 0.495 e. The Morgan fingerprint density at radius 2 is 1.76 bits per heavy atom. The molecule has 4 rings (SSSR count). The molecule has 0 aliphatic heterocycles. The molecule has 4 aromatic rings. The van der Waals surface area contributed by atoms with E-state index < -0.39 is 5.25 Å². The molecular weight excluding hydrogens is 456 g/mol. The van der Waals surface area contributed by atoms with E-state index in [1.54, 1.807) is 25.3 Å². The van der Waals surface area contributed by atoms with E-state index in [1.807, 2.05) is 60.0 Å². The van der Waals surface area contributed by atoms with Gasteiger partial charge in [0.05, 0.1) is 18.0 Å². The summed E-state index contributed by atoms with van der Waals surface area (Å²) in [7, 11) is 1.55. The maximum absolute atomic E-state index is 13.0. The summed E-state index contributed by atoms with van der Waals surface area (Å²) in [6, 6.07) is 25.1. The van der Waals surface area contributed by atoms with Crippen molar-refractivity contribution in [1.82, 2.24) is 14.8 Å². The van der Waals surface area contributed by atoms with Crippen LogP contribution in [0.4, 0.5) is 5.69 Å². The first-order valence-corrected chi connectivity index (χ1v) is 11.7. The molecule has 168 valence electrons. The maximum Gasteiger partial charge on any atom is 0.237 e. The van der Waals surface area contributed by atoms with Crippen LogP contribution in [0.15, 0.2) is 84.0 Å². The third kappa shape index (κ3) is 5.56. The molecule has 3 aromatic carbocycles. The number of benzene rings is 3. The lowest BCUT2D eigenvalue weighted by molar-refractivity contribution is -0.115. The van der Waals surface area contributed by atoms with Gasteiger partial charge >= 0.3 is 0 Å². The van der Waals surface area contributed by atoms with Crippen LogP contribution in [0, 0.1) is 0 Å². The molecule has 0 spiro atoms. The lowest BCUT2D eigenvalue weighted by Crippen LogP contribution is -2.23. The molecule has 1 N–H and O–H groups in total. The molecule has 0 saturated carbocycles. The summed E-state index contributed by atoms with van der Waals surface area (Å²) >= 11 is 7.44. The first-order valence-electron chi connectivity index (χ1n) is 10.4. The summed E-state index contributed by atoms with van der Waals surface area (Å²) in [6.07, 6.45) is 0.629. The first-order chi connectivity index (χ1) is 16.0. The SMILES string of the molecule is COc1ccc(Cl)cc1NC(=O)C(C)Sc1nnc(Cc2ccccc2)n1-c1ccccc1. The van der Waals surface area contributed by atoms with Crippen LogP contribution in [-0.4, -0.2) is 33.0 Å². The fourth-order valence-electron chi connectivity index (χ4n) is 3.33. The number of halogens is 1. The molecule has 1 amide bonds. The Hall–Kier alpha value is -3.29. The third-order valence-electron chi connectivity index (χ3n) is 4.99. The van der Waals surface area contributed by atoms with Crippen LogP contribution in [0.3, 0.4) is 0 Å². The summed E-state index contributed by atoms with van der Waals surface area (Å²) in [4.78, 5) is 13.0. The molecule has 1 aromatic heterocycles. The van der Waals surface area contributed by atoms with Crippen LogP contribution < -0.4 is 10.1 Å². The van der Waals surface area contributed by atoms with Crippen LogP contribution >= 0.6 is 23.4 Å². The molecule has 1 atom stereocenters. The van der Waals surface area contributed by atoms with E-state index in [0.717, 1.165) is 17.1 Å². The quantitative estimate of drug-likeness (QED) is 0.332. The van der Waals surface area contributed by atoms with E-state index in [1.165, 1.54) is 11.8 Å². The van der Waals surface area contributed by atoms with E-state index in [-0.39, 0.29) is 5.91 Å². The van der Waals surface area contributed by atoms with Crippen molar-refractivity contribution in [3.05, 3.63) is 95.3 Å². The molecule has 6 nitrogen and oxygen atoms in total. The number of anilines is 1. The average Bonchev–Trinajstić information content (AvgIpc) is 3.22. The monoisotopic (exact) mass is 478 g/mol. The number of ether oxygens (including phenoxy) is 1. The van der Waals surface area contributed by atoms with Crippen molar-refractivity contribution in [2.24, 2.45) is 0 Å². The minimum Gasteiger partial charge on any atom is -0.495 e. The topological polar surface area (TPSA) is 69.0 Å². The zero-order chi connectivity index (χ0) is 23.2. The second kappa shape index (κ2) is 10.6. The minimum absolute atomic E-state index is 0.187. The highest BCUT2D eigenvalue weighted by atomic mass is 35.5. The summed E-state index contributed by atoms with van der Waals surface area (Å²) in [5.41, 5.74) is 2.61. The number of hydrogen-bond donors (Lipinski definition) is 1. The van der Waals surface area contributed by atoms with E-state index >= 15 is 0 Å². The number of para-hydroxylation sites is 1. The number of hydrogen-bond acceptors (Lipinski definition) is 5. The molecule has 1 unspecified atom stereocenters. The number of nitrogens with zero attached hydrogens (tertiary/aromatic N) is 3. The normalized spacial score (nSPS) is 11.7. The van der Waals surface area contributed by atoms with Crippen LogP contribution in [0.25, 0.3) is 5.69 Å². The van der Waals surface area contributed by atoms with Gasteiger partial charge in [-0.05, 0) is 42.8 Å². The van der Waals surface area contributed by atoms with Crippen LogP contribution in [0.1, 0.15) is 18.3 Å². The van der Waals surface area contributed by atoms with Gasteiger partial charge in [0.1, 0.15) is 11.6 Å². The van der Waals surface area contributed by atoms with E-state index in [9.17, 15) is 4.79 Å². The van der Waals surface area contributed by atoms with E-state index in [0.29, 0.717) is 28.0 Å². The molecule has 8 heteroatoms. The molecule has 0 bridgehead atoms. The Morgan fingerprint density at radius 1 is 1.06 bits per heavy atom. The molecule has 0 fully saturated rings. The molecule has 0 aliphatic carbocycles. The van der Waals surface area contributed by atoms with Gasteiger partial charge in [0.25, 0.3) is 0 Å². The number of methoxy groups -OCH3 is 1. The number of carbonyl (C=O) groups excluding carboxylic acids is 1. The van der Waals surface area contributed by atoms with Crippen molar-refractivity contribution in [2.45, 2.75) is 23.8 Å². The van der Waals surface area contributed by atoms with Crippen molar-refractivity contribution in [1.29, 1.82) is 0 Å². The van der Waals surface area contributed by atoms with Crippen molar-refractivity contribution in [3.63, 3.8) is 0 Å². The maximum atomic E-state index is 13.0. The van der Waals surface area contributed by atoms with Gasteiger partial charge in [-0.1, -0.05) is 71.9 Å². The summed E-state index contributed by atoms with van der Waals surface area (Å²) in [6.45, 7) is 1.83. The zero-order valence-electron chi connectivity index (χ0n) is 18.2. The lowest BCUT2D eigenvalue weighted by atomic mass is 10.1.